The molecule has 0 radical (unpaired) electrons. The summed E-state index contributed by atoms with van der Waals surface area (Å²) in [6.07, 6.45) is 6.03. The molecule has 2 rings (SSSR count). The number of carboxylic acid groups (broad SMARTS) is 1. The number of aliphatic hydroxyl groups is 1. The molecule has 0 aromatic rings. The minimum absolute atomic E-state index is 0.0472. The van der Waals surface area contributed by atoms with Crippen LogP contribution in [-0.2, 0) is 14.3 Å². The van der Waals surface area contributed by atoms with Crippen LogP contribution in [0, 0.1) is 17.3 Å². The van der Waals surface area contributed by atoms with Gasteiger partial charge in [0.1, 0.15) is 6.10 Å². The van der Waals surface area contributed by atoms with Gasteiger partial charge in [-0.3, -0.25) is 14.6 Å². The summed E-state index contributed by atoms with van der Waals surface area (Å²) in [6.45, 7) is 8.41. The predicted octanol–water partition coefficient (Wildman–Crippen LogP) is 4.68. The van der Waals surface area contributed by atoms with E-state index in [2.05, 4.69) is 32.7 Å². The Morgan fingerprint density at radius 2 is 1.90 bits per heavy atom. The maximum atomic E-state index is 12.5. The van der Waals surface area contributed by atoms with Gasteiger partial charge in [0.25, 0.3) is 0 Å². The molecule has 7 heteroatoms. The minimum Gasteiger partial charge on any atom is -0.481 e. The molecule has 2 N–H and O–H groups in total. The third kappa shape index (κ3) is 8.58. The molecule has 1 aliphatic heterocycles. The quantitative estimate of drug-likeness (QED) is 0.452. The highest BCUT2D eigenvalue weighted by Gasteiger charge is 2.33. The molecule has 0 aromatic heterocycles. The van der Waals surface area contributed by atoms with Crippen LogP contribution in [0.5, 0.6) is 0 Å². The Bertz CT molecular complexity index is 609. The van der Waals surface area contributed by atoms with Crippen LogP contribution in [0.3, 0.4) is 0 Å². The number of carbonyl (C=O) groups excluding carboxylic acids is 1. The molecule has 1 aliphatic carbocycles. The summed E-state index contributed by atoms with van der Waals surface area (Å²) < 4.78 is 5.95. The zero-order valence-corrected chi connectivity index (χ0v) is 19.7. The molecule has 0 saturated heterocycles. The SMILES string of the molecule is C[C@@H](C[C@H](O)CC1=N[C@@H](CCC(=O)O)CS1)C[C@H](OC(=O)C1CCCC1)C(C)(C)C. The molecule has 2 aliphatic rings. The van der Waals surface area contributed by atoms with Gasteiger partial charge < -0.3 is 14.9 Å². The third-order valence-corrected chi connectivity index (χ3v) is 7.23. The van der Waals surface area contributed by atoms with E-state index in [1.54, 1.807) is 11.8 Å². The van der Waals surface area contributed by atoms with Gasteiger partial charge in [0.2, 0.25) is 0 Å². The number of ether oxygens (including phenoxy) is 1. The van der Waals surface area contributed by atoms with Crippen molar-refractivity contribution in [2.75, 3.05) is 5.75 Å². The van der Waals surface area contributed by atoms with Crippen molar-refractivity contribution >= 4 is 28.7 Å². The summed E-state index contributed by atoms with van der Waals surface area (Å²) in [6, 6.07) is 0.0472. The molecule has 6 nitrogen and oxygen atoms in total. The second kappa shape index (κ2) is 11.5. The molecular weight excluding hydrogens is 402 g/mol. The highest BCUT2D eigenvalue weighted by atomic mass is 32.2. The number of hydrogen-bond donors (Lipinski definition) is 2. The molecule has 0 unspecified atom stereocenters. The fraction of sp³-hybridized carbons (Fsp3) is 0.870. The van der Waals surface area contributed by atoms with Crippen molar-refractivity contribution in [3.05, 3.63) is 0 Å². The van der Waals surface area contributed by atoms with Crippen LogP contribution in [0.4, 0.5) is 0 Å². The first-order chi connectivity index (χ1) is 14.0. The molecule has 1 heterocycles. The third-order valence-electron chi connectivity index (χ3n) is 6.07. The van der Waals surface area contributed by atoms with E-state index in [-0.39, 0.29) is 41.8 Å². The largest absolute Gasteiger partial charge is 0.481 e. The lowest BCUT2D eigenvalue weighted by Gasteiger charge is -2.33. The maximum Gasteiger partial charge on any atom is 0.309 e. The summed E-state index contributed by atoms with van der Waals surface area (Å²) in [4.78, 5) is 27.8. The van der Waals surface area contributed by atoms with E-state index in [0.717, 1.165) is 42.9 Å². The summed E-state index contributed by atoms with van der Waals surface area (Å²) in [5.74, 6) is 0.232. The molecule has 0 bridgehead atoms. The van der Waals surface area contributed by atoms with Gasteiger partial charge in [0.15, 0.2) is 0 Å². The van der Waals surface area contributed by atoms with Crippen LogP contribution in [0.2, 0.25) is 0 Å². The van der Waals surface area contributed by atoms with Crippen LogP contribution >= 0.6 is 11.8 Å². The van der Waals surface area contributed by atoms with Gasteiger partial charge in [-0.15, -0.1) is 11.8 Å². The maximum absolute atomic E-state index is 12.5. The fourth-order valence-electron chi connectivity index (χ4n) is 4.21. The van der Waals surface area contributed by atoms with Crippen LogP contribution < -0.4 is 0 Å². The zero-order chi connectivity index (χ0) is 22.3. The van der Waals surface area contributed by atoms with E-state index in [0.29, 0.717) is 19.3 Å². The normalized spacial score (nSPS) is 23.1. The van der Waals surface area contributed by atoms with E-state index in [4.69, 9.17) is 9.84 Å². The van der Waals surface area contributed by atoms with Gasteiger partial charge in [-0.1, -0.05) is 40.5 Å². The molecule has 1 saturated carbocycles. The summed E-state index contributed by atoms with van der Waals surface area (Å²) in [5.41, 5.74) is -0.143. The van der Waals surface area contributed by atoms with Gasteiger partial charge in [0, 0.05) is 18.6 Å². The Labute approximate surface area is 185 Å². The van der Waals surface area contributed by atoms with Crippen LogP contribution in [0.1, 0.15) is 85.5 Å². The van der Waals surface area contributed by atoms with Crippen LogP contribution in [0.15, 0.2) is 4.99 Å². The number of aliphatic imine (C=N–C) groups is 1. The minimum atomic E-state index is -0.792. The van der Waals surface area contributed by atoms with E-state index >= 15 is 0 Å². The van der Waals surface area contributed by atoms with E-state index < -0.39 is 12.1 Å². The predicted molar refractivity (Wildman–Crippen MR) is 121 cm³/mol. The number of aliphatic carboxylic acids is 1. The van der Waals surface area contributed by atoms with Crippen molar-refractivity contribution in [1.29, 1.82) is 0 Å². The molecule has 172 valence electrons. The number of thioether (sulfide) groups is 1. The topological polar surface area (TPSA) is 96.2 Å². The molecule has 4 atom stereocenters. The van der Waals surface area contributed by atoms with Crippen LogP contribution in [-0.4, -0.2) is 51.2 Å². The lowest BCUT2D eigenvalue weighted by Crippen LogP contribution is -2.35. The average Bonchev–Trinajstić information content (AvgIpc) is 3.30. The molecular formula is C23H39NO5S. The number of rotatable bonds is 11. The molecule has 0 spiro atoms. The molecule has 0 amide bonds. The lowest BCUT2D eigenvalue weighted by atomic mass is 9.82. The number of carbonyl (C=O) groups is 2. The van der Waals surface area contributed by atoms with E-state index in [9.17, 15) is 14.7 Å². The van der Waals surface area contributed by atoms with Crippen LogP contribution in [0.25, 0.3) is 0 Å². The fourth-order valence-corrected chi connectivity index (χ4v) is 5.37. The van der Waals surface area contributed by atoms with Gasteiger partial charge in [0.05, 0.1) is 23.1 Å². The molecule has 1 fully saturated rings. The first-order valence-corrected chi connectivity index (χ1v) is 12.3. The van der Waals surface area contributed by atoms with Crippen molar-refractivity contribution in [2.24, 2.45) is 22.2 Å². The summed E-state index contributed by atoms with van der Waals surface area (Å²) in [7, 11) is 0. The van der Waals surface area contributed by atoms with Gasteiger partial charge in [-0.25, -0.2) is 0 Å². The number of carboxylic acids is 1. The average molecular weight is 442 g/mol. The van der Waals surface area contributed by atoms with Crippen molar-refractivity contribution in [1.82, 2.24) is 0 Å². The van der Waals surface area contributed by atoms with Crippen molar-refractivity contribution in [2.45, 2.75) is 104 Å². The molecule has 0 aromatic carbocycles. The summed E-state index contributed by atoms with van der Waals surface area (Å²) in [5, 5.41) is 20.3. The van der Waals surface area contributed by atoms with Gasteiger partial charge in [-0.2, -0.15) is 0 Å². The second-order valence-electron chi connectivity index (χ2n) is 10.1. The highest BCUT2D eigenvalue weighted by Crippen LogP contribution is 2.33. The number of esters is 1. The monoisotopic (exact) mass is 441 g/mol. The number of hydrogen-bond acceptors (Lipinski definition) is 6. The number of aliphatic hydroxyl groups excluding tert-OH is 1. The second-order valence-corrected chi connectivity index (χ2v) is 11.2. The Morgan fingerprint density at radius 3 is 2.50 bits per heavy atom. The van der Waals surface area contributed by atoms with Gasteiger partial charge >= 0.3 is 11.9 Å². The molecule has 30 heavy (non-hydrogen) atoms. The Morgan fingerprint density at radius 1 is 1.23 bits per heavy atom. The number of nitrogens with zero attached hydrogens (tertiary/aromatic N) is 1. The van der Waals surface area contributed by atoms with Crippen molar-refractivity contribution in [3.63, 3.8) is 0 Å². The van der Waals surface area contributed by atoms with E-state index in [1.807, 2.05) is 0 Å². The lowest BCUT2D eigenvalue weighted by molar-refractivity contribution is -0.161. The van der Waals surface area contributed by atoms with Crippen molar-refractivity contribution in [3.8, 4) is 0 Å². The summed E-state index contributed by atoms with van der Waals surface area (Å²) >= 11 is 1.63. The zero-order valence-electron chi connectivity index (χ0n) is 18.9. The Balaban J connectivity index is 1.81. The van der Waals surface area contributed by atoms with Crippen molar-refractivity contribution < 1.29 is 24.5 Å². The first-order valence-electron chi connectivity index (χ1n) is 11.3. The smallest absolute Gasteiger partial charge is 0.309 e. The Kier molecular flexibility index (Phi) is 9.67. The highest BCUT2D eigenvalue weighted by molar-refractivity contribution is 8.14. The standard InChI is InChI=1S/C23H39NO5S/c1-15(11-18(25)13-20-24-17(14-30-20)9-10-21(26)27)12-19(23(2,3)4)29-22(28)16-7-5-6-8-16/h15-19,25H,5-14H2,1-4H3,(H,26,27)/t15-,17-,18-,19-/m0/s1. The van der Waals surface area contributed by atoms with E-state index in [1.165, 1.54) is 0 Å². The first kappa shape index (κ1) is 25.2. The van der Waals surface area contributed by atoms with Gasteiger partial charge in [-0.05, 0) is 43.4 Å². The Hall–Kier alpha value is -1.08.